The van der Waals surface area contributed by atoms with E-state index >= 15 is 0 Å². The number of aliphatic carboxylic acids is 1. The van der Waals surface area contributed by atoms with Crippen molar-refractivity contribution in [2.24, 2.45) is 5.92 Å². The molecule has 0 saturated heterocycles. The minimum Gasteiger partial charge on any atom is -0.481 e. The first-order chi connectivity index (χ1) is 14.5. The van der Waals surface area contributed by atoms with Crippen LogP contribution in [0.4, 0.5) is 0 Å². The van der Waals surface area contributed by atoms with Gasteiger partial charge in [0.25, 0.3) is 0 Å². The predicted molar refractivity (Wildman–Crippen MR) is 116 cm³/mol. The van der Waals surface area contributed by atoms with Crippen LogP contribution in [-0.4, -0.2) is 16.2 Å². The van der Waals surface area contributed by atoms with Crippen LogP contribution in [-0.2, 0) is 11.2 Å². The number of halogens is 1. The molecule has 6 heteroatoms. The number of hydrogen-bond acceptors (Lipinski definition) is 4. The van der Waals surface area contributed by atoms with Crippen molar-refractivity contribution in [2.75, 3.05) is 0 Å². The highest BCUT2D eigenvalue weighted by Gasteiger charge is 2.16. The molecule has 0 aliphatic rings. The van der Waals surface area contributed by atoms with Gasteiger partial charge in [-0.25, -0.2) is 0 Å². The fraction of sp³-hybridized carbons (Fsp3) is 0.167. The van der Waals surface area contributed by atoms with E-state index in [-0.39, 0.29) is 0 Å². The summed E-state index contributed by atoms with van der Waals surface area (Å²) >= 11 is 5.96. The number of carbonyl (C=O) groups is 1. The summed E-state index contributed by atoms with van der Waals surface area (Å²) in [5.74, 6) is 0.0708. The van der Waals surface area contributed by atoms with E-state index in [9.17, 15) is 9.90 Å². The van der Waals surface area contributed by atoms with Crippen molar-refractivity contribution in [3.05, 3.63) is 77.3 Å². The van der Waals surface area contributed by atoms with Crippen LogP contribution in [0.3, 0.4) is 0 Å². The average molecular weight is 422 g/mol. The monoisotopic (exact) mass is 421 g/mol. The van der Waals surface area contributed by atoms with E-state index in [1.165, 1.54) is 0 Å². The van der Waals surface area contributed by atoms with Gasteiger partial charge < -0.3 is 14.4 Å². The van der Waals surface area contributed by atoms with Crippen molar-refractivity contribution in [3.63, 3.8) is 0 Å². The third-order valence-corrected chi connectivity index (χ3v) is 5.27. The maximum atomic E-state index is 11.3. The lowest BCUT2D eigenvalue weighted by atomic mass is 9.97. The smallest absolute Gasteiger partial charge is 0.306 e. The van der Waals surface area contributed by atoms with Gasteiger partial charge in [-0.1, -0.05) is 47.9 Å². The second kappa shape index (κ2) is 8.59. The second-order valence-corrected chi connectivity index (χ2v) is 7.53. The van der Waals surface area contributed by atoms with Crippen LogP contribution >= 0.6 is 11.6 Å². The zero-order chi connectivity index (χ0) is 21.1. The van der Waals surface area contributed by atoms with Crippen molar-refractivity contribution in [1.82, 2.24) is 5.16 Å². The Hall–Kier alpha value is -3.31. The molecule has 0 aliphatic carbocycles. The Morgan fingerprint density at radius 1 is 1.10 bits per heavy atom. The molecular weight excluding hydrogens is 402 g/mol. The fourth-order valence-corrected chi connectivity index (χ4v) is 3.49. The molecule has 1 heterocycles. The average Bonchev–Trinajstić information content (AvgIpc) is 3.16. The Morgan fingerprint density at radius 2 is 1.87 bits per heavy atom. The van der Waals surface area contributed by atoms with Crippen molar-refractivity contribution < 1.29 is 19.2 Å². The van der Waals surface area contributed by atoms with Gasteiger partial charge in [0, 0.05) is 22.0 Å². The third-order valence-electron chi connectivity index (χ3n) is 5.02. The van der Waals surface area contributed by atoms with Crippen LogP contribution in [0.25, 0.3) is 22.2 Å². The first kappa shape index (κ1) is 20.0. The Kier molecular flexibility index (Phi) is 5.72. The number of aromatic nitrogens is 1. The molecule has 0 amide bonds. The lowest BCUT2D eigenvalue weighted by Gasteiger charge is -2.11. The second-order valence-electron chi connectivity index (χ2n) is 7.09. The summed E-state index contributed by atoms with van der Waals surface area (Å²) in [6.45, 7) is 1.88. The summed E-state index contributed by atoms with van der Waals surface area (Å²) in [6, 6.07) is 20.5. The first-order valence-corrected chi connectivity index (χ1v) is 10.1. The lowest BCUT2D eigenvalue weighted by molar-refractivity contribution is -0.141. The van der Waals surface area contributed by atoms with Gasteiger partial charge in [0.15, 0.2) is 5.58 Å². The Bertz CT molecular complexity index is 1180. The van der Waals surface area contributed by atoms with Gasteiger partial charge in [0.1, 0.15) is 17.2 Å². The van der Waals surface area contributed by atoms with Crippen molar-refractivity contribution >= 4 is 28.5 Å². The van der Waals surface area contributed by atoms with E-state index < -0.39 is 11.9 Å². The highest BCUT2D eigenvalue weighted by molar-refractivity contribution is 6.30. The summed E-state index contributed by atoms with van der Waals surface area (Å²) < 4.78 is 11.5. The summed E-state index contributed by atoms with van der Waals surface area (Å²) in [5, 5.41) is 15.0. The molecule has 1 atom stereocenters. The van der Waals surface area contributed by atoms with Gasteiger partial charge in [-0.05, 0) is 54.8 Å². The molecule has 5 nitrogen and oxygen atoms in total. The van der Waals surface area contributed by atoms with Crippen molar-refractivity contribution in [3.8, 4) is 22.8 Å². The predicted octanol–water partition coefficient (Wildman–Crippen LogP) is 6.59. The van der Waals surface area contributed by atoms with Crippen LogP contribution in [0, 0.1) is 5.92 Å². The largest absolute Gasteiger partial charge is 0.481 e. The SMILES string of the molecule is CCC(Cc1cccc(Oc2ccc3c(-c4ccc(Cl)cc4)noc3c2)c1)C(=O)O. The van der Waals surface area contributed by atoms with Crippen LogP contribution in [0.15, 0.2) is 71.3 Å². The molecule has 4 aromatic rings. The molecule has 0 bridgehead atoms. The number of hydrogen-bond donors (Lipinski definition) is 1. The third kappa shape index (κ3) is 4.31. The van der Waals surface area contributed by atoms with E-state index in [2.05, 4.69) is 5.16 Å². The minimum atomic E-state index is -0.781. The molecule has 0 aliphatic heterocycles. The Balaban J connectivity index is 1.55. The highest BCUT2D eigenvalue weighted by atomic mass is 35.5. The number of carboxylic acids is 1. The lowest BCUT2D eigenvalue weighted by Crippen LogP contribution is -2.15. The van der Waals surface area contributed by atoms with Crippen LogP contribution in [0.2, 0.25) is 5.02 Å². The van der Waals surface area contributed by atoms with E-state index in [4.69, 9.17) is 20.9 Å². The van der Waals surface area contributed by atoms with Gasteiger partial charge in [-0.15, -0.1) is 0 Å². The summed E-state index contributed by atoms with van der Waals surface area (Å²) in [5.41, 5.74) is 3.20. The van der Waals surface area contributed by atoms with Crippen molar-refractivity contribution in [1.29, 1.82) is 0 Å². The van der Waals surface area contributed by atoms with Crippen LogP contribution < -0.4 is 4.74 Å². The standard InChI is InChI=1S/C24H20ClNO4/c1-2-16(24(27)28)12-15-4-3-5-19(13-15)29-20-10-11-21-22(14-20)30-26-23(21)17-6-8-18(25)9-7-17/h3-11,13-14,16H,2,12H2,1H3,(H,27,28). The fourth-order valence-electron chi connectivity index (χ4n) is 3.36. The molecule has 30 heavy (non-hydrogen) atoms. The molecule has 1 N–H and O–H groups in total. The molecule has 0 fully saturated rings. The van der Waals surface area contributed by atoms with E-state index in [0.29, 0.717) is 34.9 Å². The van der Waals surface area contributed by atoms with E-state index in [0.717, 1.165) is 22.2 Å². The topological polar surface area (TPSA) is 72.6 Å². The van der Waals surface area contributed by atoms with Gasteiger partial charge >= 0.3 is 5.97 Å². The summed E-state index contributed by atoms with van der Waals surface area (Å²) in [6.07, 6.45) is 1.05. The number of rotatable bonds is 7. The minimum absolute atomic E-state index is 0.405. The van der Waals surface area contributed by atoms with E-state index in [1.807, 2.05) is 67.6 Å². The van der Waals surface area contributed by atoms with Gasteiger partial charge in [-0.3, -0.25) is 4.79 Å². The number of carboxylic acid groups (broad SMARTS) is 1. The van der Waals surface area contributed by atoms with Gasteiger partial charge in [0.2, 0.25) is 0 Å². The van der Waals surface area contributed by atoms with Gasteiger partial charge in [-0.2, -0.15) is 0 Å². The molecule has 0 saturated carbocycles. The molecule has 152 valence electrons. The quantitative estimate of drug-likeness (QED) is 0.364. The molecule has 3 aromatic carbocycles. The van der Waals surface area contributed by atoms with Crippen LogP contribution in [0.5, 0.6) is 11.5 Å². The summed E-state index contributed by atoms with van der Waals surface area (Å²) in [4.78, 5) is 11.3. The van der Waals surface area contributed by atoms with Crippen molar-refractivity contribution in [2.45, 2.75) is 19.8 Å². The van der Waals surface area contributed by atoms with E-state index in [1.54, 1.807) is 6.07 Å². The molecule has 0 spiro atoms. The molecule has 4 rings (SSSR count). The number of ether oxygens (including phenoxy) is 1. The molecular formula is C24H20ClNO4. The maximum absolute atomic E-state index is 11.3. The number of fused-ring (bicyclic) bond motifs is 1. The highest BCUT2D eigenvalue weighted by Crippen LogP contribution is 2.32. The normalized spacial score (nSPS) is 12.1. The summed E-state index contributed by atoms with van der Waals surface area (Å²) in [7, 11) is 0. The molecule has 1 aromatic heterocycles. The Labute approximate surface area is 178 Å². The Morgan fingerprint density at radius 3 is 2.60 bits per heavy atom. The number of nitrogens with zero attached hydrogens (tertiary/aromatic N) is 1. The maximum Gasteiger partial charge on any atom is 0.306 e. The van der Waals surface area contributed by atoms with Gasteiger partial charge in [0.05, 0.1) is 5.92 Å². The molecule has 0 radical (unpaired) electrons. The first-order valence-electron chi connectivity index (χ1n) is 9.68. The molecule has 1 unspecified atom stereocenters. The van der Waals surface area contributed by atoms with Crippen LogP contribution in [0.1, 0.15) is 18.9 Å². The number of benzene rings is 3. The zero-order valence-corrected chi connectivity index (χ0v) is 17.1. The zero-order valence-electron chi connectivity index (χ0n) is 16.3.